The van der Waals surface area contributed by atoms with E-state index in [0.29, 0.717) is 0 Å². The average Bonchev–Trinajstić information content (AvgIpc) is 1.77. The summed E-state index contributed by atoms with van der Waals surface area (Å²) in [6.45, 7) is 0. The van der Waals surface area contributed by atoms with Crippen molar-refractivity contribution >= 4 is 0 Å². The minimum Gasteiger partial charge on any atom is -0.481 e. The van der Waals surface area contributed by atoms with Gasteiger partial charge in [0.15, 0.2) is 0 Å². The first-order valence-electron chi connectivity index (χ1n) is 2.64. The van der Waals surface area contributed by atoms with E-state index in [9.17, 15) is 0 Å². The Bertz CT molecular complexity index is 111. The van der Waals surface area contributed by atoms with Crippen LogP contribution in [0.4, 0.5) is 0 Å². The molecule has 0 aromatic carbocycles. The van der Waals surface area contributed by atoms with Crippen LogP contribution in [-0.4, -0.2) is 6.23 Å². The fourth-order valence-electron chi connectivity index (χ4n) is 0.611. The van der Waals surface area contributed by atoms with Crippen LogP contribution >= 0.6 is 0 Å². The summed E-state index contributed by atoms with van der Waals surface area (Å²) in [5.41, 5.74) is 11.5. The van der Waals surface area contributed by atoms with E-state index in [0.717, 1.165) is 18.5 Å². The molecule has 46 valence electrons. The maximum atomic E-state index is 5.38. The van der Waals surface area contributed by atoms with Crippen molar-refractivity contribution in [3.05, 3.63) is 12.0 Å². The van der Waals surface area contributed by atoms with Crippen LogP contribution in [0.5, 0.6) is 0 Å². The van der Waals surface area contributed by atoms with Gasteiger partial charge in [-0.2, -0.15) is 0 Å². The summed E-state index contributed by atoms with van der Waals surface area (Å²) in [4.78, 5) is 0. The number of nitrogens with two attached hydrogens (primary N) is 2. The van der Waals surface area contributed by atoms with Crippen LogP contribution in [0, 0.1) is 0 Å². The van der Waals surface area contributed by atoms with Gasteiger partial charge in [0.2, 0.25) is 0 Å². The molecule has 0 spiro atoms. The first-order valence-corrected chi connectivity index (χ1v) is 2.64. The molecule has 8 heavy (non-hydrogen) atoms. The molecular weight excluding hydrogens is 104 g/mol. The summed E-state index contributed by atoms with van der Waals surface area (Å²) in [5, 5.41) is 0. The second-order valence-electron chi connectivity index (χ2n) is 1.91. The smallest absolute Gasteiger partial charge is 0.147 e. The van der Waals surface area contributed by atoms with E-state index in [1.165, 1.54) is 6.26 Å². The summed E-state index contributed by atoms with van der Waals surface area (Å²) in [6, 6.07) is 0. The number of hydrogen-bond acceptors (Lipinski definition) is 3. The predicted octanol–water partition coefficient (Wildman–Crippen LogP) is -0.118. The highest BCUT2D eigenvalue weighted by Gasteiger charge is 2.06. The van der Waals surface area contributed by atoms with Gasteiger partial charge in [0.1, 0.15) is 12.5 Å². The molecule has 0 saturated carbocycles. The average molecular weight is 114 g/mol. The second-order valence-corrected chi connectivity index (χ2v) is 1.91. The van der Waals surface area contributed by atoms with E-state index in [4.69, 9.17) is 16.2 Å². The van der Waals surface area contributed by atoms with Crippen LogP contribution in [0.15, 0.2) is 12.0 Å². The van der Waals surface area contributed by atoms with E-state index in [-0.39, 0.29) is 6.23 Å². The van der Waals surface area contributed by atoms with Crippen LogP contribution < -0.4 is 11.5 Å². The van der Waals surface area contributed by atoms with Crippen LogP contribution in [0.2, 0.25) is 0 Å². The van der Waals surface area contributed by atoms with Crippen molar-refractivity contribution in [2.75, 3.05) is 0 Å². The first kappa shape index (κ1) is 5.44. The Morgan fingerprint density at radius 2 is 2.50 bits per heavy atom. The quantitative estimate of drug-likeness (QED) is 0.461. The molecule has 0 aromatic heterocycles. The summed E-state index contributed by atoms with van der Waals surface area (Å²) in [6.07, 6.45) is 3.08. The zero-order chi connectivity index (χ0) is 5.98. The Kier molecular flexibility index (Phi) is 1.39. The maximum absolute atomic E-state index is 5.38. The highest BCUT2D eigenvalue weighted by molar-refractivity contribution is 4.94. The highest BCUT2D eigenvalue weighted by atomic mass is 16.5. The van der Waals surface area contributed by atoms with Crippen LogP contribution in [-0.2, 0) is 4.74 Å². The van der Waals surface area contributed by atoms with Gasteiger partial charge in [-0.15, -0.1) is 0 Å². The molecule has 1 atom stereocenters. The molecule has 0 radical (unpaired) electrons. The van der Waals surface area contributed by atoms with E-state index >= 15 is 0 Å². The SMILES string of the molecule is NC1=CO[C@@H](N)CC1. The molecule has 0 saturated heterocycles. The van der Waals surface area contributed by atoms with Gasteiger partial charge in [-0.05, 0) is 6.42 Å². The van der Waals surface area contributed by atoms with Gasteiger partial charge in [0, 0.05) is 12.1 Å². The van der Waals surface area contributed by atoms with Crippen molar-refractivity contribution < 1.29 is 4.74 Å². The van der Waals surface area contributed by atoms with Gasteiger partial charge in [-0.1, -0.05) is 0 Å². The van der Waals surface area contributed by atoms with Gasteiger partial charge in [0.25, 0.3) is 0 Å². The van der Waals surface area contributed by atoms with E-state index in [1.54, 1.807) is 0 Å². The zero-order valence-electron chi connectivity index (χ0n) is 4.63. The summed E-state index contributed by atoms with van der Waals surface area (Å²) < 4.78 is 4.88. The lowest BCUT2D eigenvalue weighted by Gasteiger charge is -2.16. The molecule has 1 aliphatic rings. The monoisotopic (exact) mass is 114 g/mol. The lowest BCUT2D eigenvalue weighted by Crippen LogP contribution is -2.25. The Morgan fingerprint density at radius 1 is 1.75 bits per heavy atom. The summed E-state index contributed by atoms with van der Waals surface area (Å²) >= 11 is 0. The van der Waals surface area contributed by atoms with Gasteiger partial charge < -0.3 is 10.5 Å². The molecule has 1 aliphatic heterocycles. The van der Waals surface area contributed by atoms with E-state index in [1.807, 2.05) is 0 Å². The van der Waals surface area contributed by atoms with Crippen molar-refractivity contribution in [2.24, 2.45) is 11.5 Å². The Hall–Kier alpha value is -0.700. The minimum absolute atomic E-state index is 0.137. The van der Waals surface area contributed by atoms with Crippen molar-refractivity contribution in [2.45, 2.75) is 19.1 Å². The summed E-state index contributed by atoms with van der Waals surface area (Å²) in [5.74, 6) is 0. The molecule has 0 bridgehead atoms. The predicted molar refractivity (Wildman–Crippen MR) is 30.6 cm³/mol. The molecule has 0 amide bonds. The van der Waals surface area contributed by atoms with Gasteiger partial charge >= 0.3 is 0 Å². The molecule has 3 nitrogen and oxygen atoms in total. The van der Waals surface area contributed by atoms with Crippen molar-refractivity contribution in [1.29, 1.82) is 0 Å². The Morgan fingerprint density at radius 3 is 2.88 bits per heavy atom. The fourth-order valence-corrected chi connectivity index (χ4v) is 0.611. The number of rotatable bonds is 0. The molecule has 0 fully saturated rings. The first-order chi connectivity index (χ1) is 3.79. The molecule has 3 heteroatoms. The lowest BCUT2D eigenvalue weighted by atomic mass is 10.2. The minimum atomic E-state index is -0.137. The van der Waals surface area contributed by atoms with E-state index in [2.05, 4.69) is 0 Å². The second kappa shape index (κ2) is 2.05. The fraction of sp³-hybridized carbons (Fsp3) is 0.600. The molecule has 1 heterocycles. The highest BCUT2D eigenvalue weighted by Crippen LogP contribution is 2.08. The number of allylic oxidation sites excluding steroid dienone is 1. The molecule has 4 N–H and O–H groups in total. The van der Waals surface area contributed by atoms with Crippen LogP contribution in [0.25, 0.3) is 0 Å². The van der Waals surface area contributed by atoms with Crippen molar-refractivity contribution in [3.8, 4) is 0 Å². The lowest BCUT2D eigenvalue weighted by molar-refractivity contribution is 0.125. The van der Waals surface area contributed by atoms with Crippen molar-refractivity contribution in [1.82, 2.24) is 0 Å². The van der Waals surface area contributed by atoms with Gasteiger partial charge in [0.05, 0.1) is 0 Å². The largest absolute Gasteiger partial charge is 0.481 e. The Balaban J connectivity index is 2.42. The molecule has 0 aliphatic carbocycles. The summed E-state index contributed by atoms with van der Waals surface area (Å²) in [7, 11) is 0. The van der Waals surface area contributed by atoms with Crippen LogP contribution in [0.3, 0.4) is 0 Å². The topological polar surface area (TPSA) is 61.3 Å². The third-order valence-corrected chi connectivity index (χ3v) is 1.11. The number of hydrogen-bond donors (Lipinski definition) is 2. The maximum Gasteiger partial charge on any atom is 0.147 e. The third-order valence-electron chi connectivity index (χ3n) is 1.11. The van der Waals surface area contributed by atoms with Gasteiger partial charge in [-0.3, -0.25) is 5.73 Å². The molecule has 0 unspecified atom stereocenters. The zero-order valence-corrected chi connectivity index (χ0v) is 4.63. The molecular formula is C5H10N2O. The molecule has 1 rings (SSSR count). The van der Waals surface area contributed by atoms with Crippen LogP contribution in [0.1, 0.15) is 12.8 Å². The van der Waals surface area contributed by atoms with Gasteiger partial charge in [-0.25, -0.2) is 0 Å². The number of ether oxygens (including phenoxy) is 1. The standard InChI is InChI=1S/C5H10N2O/c6-4-1-2-5(7)8-3-4/h3,5H,1-2,6-7H2/t5-/m1/s1. The Labute approximate surface area is 48.3 Å². The normalized spacial score (nSPS) is 28.6. The van der Waals surface area contributed by atoms with E-state index < -0.39 is 0 Å². The third kappa shape index (κ3) is 1.13. The van der Waals surface area contributed by atoms with Crippen molar-refractivity contribution in [3.63, 3.8) is 0 Å². The molecule has 0 aromatic rings.